The first-order valence-electron chi connectivity index (χ1n) is 8.87. The van der Waals surface area contributed by atoms with Crippen LogP contribution >= 0.6 is 0 Å². The van der Waals surface area contributed by atoms with Crippen LogP contribution in [0.4, 0.5) is 0 Å². The van der Waals surface area contributed by atoms with Gasteiger partial charge in [0.1, 0.15) is 0 Å². The van der Waals surface area contributed by atoms with Crippen molar-refractivity contribution in [2.45, 2.75) is 46.1 Å². The highest BCUT2D eigenvalue weighted by atomic mass is 32.2. The van der Waals surface area contributed by atoms with Gasteiger partial charge in [0.15, 0.2) is 5.65 Å². The van der Waals surface area contributed by atoms with E-state index in [2.05, 4.69) is 20.8 Å². The number of pyridine rings is 1. The molecule has 26 heavy (non-hydrogen) atoms. The SMILES string of the molecule is Cn1c(=O)n(CC(C)(C)C)c2ccc([C@@H]3C[C@H]3CCOS(C)(=O)=O)nc21. The van der Waals surface area contributed by atoms with Gasteiger partial charge in [-0.2, -0.15) is 8.42 Å². The zero-order chi connectivity index (χ0) is 19.3. The highest BCUT2D eigenvalue weighted by Gasteiger charge is 2.39. The second kappa shape index (κ2) is 6.49. The zero-order valence-electron chi connectivity index (χ0n) is 16.0. The van der Waals surface area contributed by atoms with Crippen LogP contribution in [0.5, 0.6) is 0 Å². The Kier molecular flexibility index (Phi) is 4.77. The van der Waals surface area contributed by atoms with Crippen molar-refractivity contribution in [3.05, 3.63) is 28.3 Å². The van der Waals surface area contributed by atoms with Crippen LogP contribution in [-0.2, 0) is 27.9 Å². The Morgan fingerprint density at radius 3 is 2.62 bits per heavy atom. The third-order valence-electron chi connectivity index (χ3n) is 4.72. The van der Waals surface area contributed by atoms with Crippen molar-refractivity contribution in [1.29, 1.82) is 0 Å². The summed E-state index contributed by atoms with van der Waals surface area (Å²) < 4.78 is 30.3. The highest BCUT2D eigenvalue weighted by molar-refractivity contribution is 7.85. The molecule has 0 aromatic carbocycles. The fourth-order valence-electron chi connectivity index (χ4n) is 3.40. The minimum Gasteiger partial charge on any atom is -0.290 e. The lowest BCUT2D eigenvalue weighted by atomic mass is 9.97. The van der Waals surface area contributed by atoms with Crippen molar-refractivity contribution in [3.63, 3.8) is 0 Å². The molecule has 1 aliphatic carbocycles. The average Bonchev–Trinajstić information content (AvgIpc) is 3.24. The minimum atomic E-state index is -3.38. The van der Waals surface area contributed by atoms with Crippen LogP contribution in [0.1, 0.15) is 45.2 Å². The van der Waals surface area contributed by atoms with Gasteiger partial charge in [0.05, 0.1) is 18.4 Å². The second-order valence-corrected chi connectivity index (χ2v) is 10.1. The molecule has 0 saturated heterocycles. The van der Waals surface area contributed by atoms with Crippen LogP contribution in [0.2, 0.25) is 0 Å². The number of hydrogen-bond donors (Lipinski definition) is 0. The Labute approximate surface area is 154 Å². The van der Waals surface area contributed by atoms with Gasteiger partial charge in [-0.3, -0.25) is 13.3 Å². The van der Waals surface area contributed by atoms with Gasteiger partial charge in [-0.1, -0.05) is 20.8 Å². The van der Waals surface area contributed by atoms with Crippen molar-refractivity contribution in [1.82, 2.24) is 14.1 Å². The van der Waals surface area contributed by atoms with Gasteiger partial charge in [0, 0.05) is 25.2 Å². The van der Waals surface area contributed by atoms with E-state index in [1.54, 1.807) is 16.2 Å². The van der Waals surface area contributed by atoms with Crippen LogP contribution in [0.15, 0.2) is 16.9 Å². The third kappa shape index (κ3) is 4.17. The Morgan fingerprint density at radius 1 is 1.31 bits per heavy atom. The Balaban J connectivity index is 1.79. The predicted octanol–water partition coefficient (Wildman–Crippen LogP) is 2.25. The van der Waals surface area contributed by atoms with Gasteiger partial charge in [-0.25, -0.2) is 9.78 Å². The standard InChI is InChI=1S/C18H27N3O4S/c1-18(2,3)11-21-15-7-6-14(19-16(15)20(4)17(21)22)13-10-12(13)8-9-25-26(5,23)24/h6-7,12-13H,8-11H2,1-5H3/t12-,13-/m1/s1. The smallest absolute Gasteiger partial charge is 0.290 e. The maximum atomic E-state index is 12.6. The summed E-state index contributed by atoms with van der Waals surface area (Å²) in [5.74, 6) is 0.694. The first-order valence-corrected chi connectivity index (χ1v) is 10.7. The van der Waals surface area contributed by atoms with E-state index in [-0.39, 0.29) is 17.7 Å². The number of fused-ring (bicyclic) bond motifs is 1. The van der Waals surface area contributed by atoms with Crippen LogP contribution in [0, 0.1) is 11.3 Å². The van der Waals surface area contributed by atoms with Gasteiger partial charge in [-0.15, -0.1) is 0 Å². The van der Waals surface area contributed by atoms with Gasteiger partial charge < -0.3 is 0 Å². The third-order valence-corrected chi connectivity index (χ3v) is 5.32. The van der Waals surface area contributed by atoms with Gasteiger partial charge in [0.25, 0.3) is 10.1 Å². The summed E-state index contributed by atoms with van der Waals surface area (Å²) >= 11 is 0. The Bertz CT molecular complexity index is 982. The molecule has 2 aromatic heterocycles. The first-order chi connectivity index (χ1) is 12.0. The molecule has 1 aliphatic rings. The molecule has 7 nitrogen and oxygen atoms in total. The number of aryl methyl sites for hydroxylation is 1. The zero-order valence-corrected chi connectivity index (χ0v) is 16.8. The molecule has 0 bridgehead atoms. The van der Waals surface area contributed by atoms with Crippen LogP contribution in [0.25, 0.3) is 11.2 Å². The Morgan fingerprint density at radius 2 is 2.00 bits per heavy atom. The van der Waals surface area contributed by atoms with E-state index in [0.717, 1.165) is 23.9 Å². The van der Waals surface area contributed by atoms with E-state index in [0.29, 0.717) is 30.4 Å². The van der Waals surface area contributed by atoms with Crippen molar-refractivity contribution >= 4 is 21.3 Å². The number of rotatable bonds is 6. The van der Waals surface area contributed by atoms with Crippen molar-refractivity contribution in [2.24, 2.45) is 18.4 Å². The van der Waals surface area contributed by atoms with Crippen LogP contribution in [0.3, 0.4) is 0 Å². The van der Waals surface area contributed by atoms with E-state index in [1.807, 2.05) is 12.1 Å². The number of nitrogens with zero attached hydrogens (tertiary/aromatic N) is 3. The molecule has 0 aliphatic heterocycles. The lowest BCUT2D eigenvalue weighted by molar-refractivity contribution is 0.306. The number of hydrogen-bond acceptors (Lipinski definition) is 5. The molecule has 144 valence electrons. The van der Waals surface area contributed by atoms with Crippen molar-refractivity contribution in [2.75, 3.05) is 12.9 Å². The topological polar surface area (TPSA) is 83.2 Å². The van der Waals surface area contributed by atoms with E-state index in [1.165, 1.54) is 0 Å². The fraction of sp³-hybridized carbons (Fsp3) is 0.667. The van der Waals surface area contributed by atoms with Gasteiger partial charge in [0.2, 0.25) is 0 Å². The largest absolute Gasteiger partial charge is 0.330 e. The molecule has 1 saturated carbocycles. The molecule has 2 heterocycles. The molecule has 0 radical (unpaired) electrons. The lowest BCUT2D eigenvalue weighted by Gasteiger charge is -2.18. The maximum absolute atomic E-state index is 12.6. The summed E-state index contributed by atoms with van der Waals surface area (Å²) in [7, 11) is -1.63. The molecule has 0 spiro atoms. The number of aromatic nitrogens is 3. The maximum Gasteiger partial charge on any atom is 0.330 e. The summed E-state index contributed by atoms with van der Waals surface area (Å²) in [6.45, 7) is 7.16. The van der Waals surface area contributed by atoms with Crippen molar-refractivity contribution < 1.29 is 12.6 Å². The molecule has 0 amide bonds. The number of imidazole rings is 1. The minimum absolute atomic E-state index is 0.00200. The van der Waals surface area contributed by atoms with Gasteiger partial charge >= 0.3 is 5.69 Å². The average molecular weight is 381 g/mol. The summed E-state index contributed by atoms with van der Waals surface area (Å²) in [6.07, 6.45) is 2.74. The van der Waals surface area contributed by atoms with Crippen LogP contribution in [-0.4, -0.2) is 35.4 Å². The van der Waals surface area contributed by atoms with Crippen molar-refractivity contribution in [3.8, 4) is 0 Å². The van der Waals surface area contributed by atoms with Gasteiger partial charge in [-0.05, 0) is 36.3 Å². The normalized spacial score (nSPS) is 20.7. The molecular formula is C18H27N3O4S. The van der Waals surface area contributed by atoms with E-state index < -0.39 is 10.1 Å². The quantitative estimate of drug-likeness (QED) is 0.717. The molecule has 2 atom stereocenters. The molecule has 3 rings (SSSR count). The summed E-state index contributed by atoms with van der Waals surface area (Å²) in [4.78, 5) is 17.3. The molecular weight excluding hydrogens is 354 g/mol. The summed E-state index contributed by atoms with van der Waals surface area (Å²) in [6, 6.07) is 3.97. The summed E-state index contributed by atoms with van der Waals surface area (Å²) in [5.41, 5.74) is 2.47. The Hall–Kier alpha value is -1.67. The first kappa shape index (κ1) is 19.1. The van der Waals surface area contributed by atoms with E-state index in [9.17, 15) is 13.2 Å². The summed E-state index contributed by atoms with van der Waals surface area (Å²) in [5, 5.41) is 0. The molecule has 0 N–H and O–H groups in total. The van der Waals surface area contributed by atoms with E-state index >= 15 is 0 Å². The van der Waals surface area contributed by atoms with E-state index in [4.69, 9.17) is 9.17 Å². The monoisotopic (exact) mass is 381 g/mol. The van der Waals surface area contributed by atoms with Crippen LogP contribution < -0.4 is 5.69 Å². The lowest BCUT2D eigenvalue weighted by Crippen LogP contribution is -2.27. The molecule has 8 heteroatoms. The fourth-order valence-corrected chi connectivity index (χ4v) is 3.80. The molecule has 0 unspecified atom stereocenters. The predicted molar refractivity (Wildman–Crippen MR) is 101 cm³/mol. The molecule has 1 fully saturated rings. The molecule has 2 aromatic rings. The second-order valence-electron chi connectivity index (χ2n) is 8.48. The highest BCUT2D eigenvalue weighted by Crippen LogP contribution is 2.49.